The summed E-state index contributed by atoms with van der Waals surface area (Å²) >= 11 is 0. The van der Waals surface area contributed by atoms with E-state index in [0.717, 1.165) is 27.9 Å². The lowest BCUT2D eigenvalue weighted by molar-refractivity contribution is -0.131. The fourth-order valence-corrected chi connectivity index (χ4v) is 3.87. The van der Waals surface area contributed by atoms with Gasteiger partial charge >= 0.3 is 5.69 Å². The van der Waals surface area contributed by atoms with Crippen LogP contribution in [-0.4, -0.2) is 37.8 Å². The molecule has 2 aromatic heterocycles. The van der Waals surface area contributed by atoms with Crippen LogP contribution in [0.4, 0.5) is 0 Å². The summed E-state index contributed by atoms with van der Waals surface area (Å²) in [5.41, 5.74) is 3.60. The molecule has 0 saturated carbocycles. The number of aryl methyl sites for hydroxylation is 1. The van der Waals surface area contributed by atoms with Gasteiger partial charge in [-0.15, -0.1) is 0 Å². The number of para-hydroxylation sites is 1. The van der Waals surface area contributed by atoms with E-state index in [4.69, 9.17) is 4.98 Å². The van der Waals surface area contributed by atoms with E-state index in [1.54, 1.807) is 13.9 Å². The van der Waals surface area contributed by atoms with Crippen molar-refractivity contribution in [2.45, 2.75) is 27.3 Å². The van der Waals surface area contributed by atoms with Crippen LogP contribution in [0.3, 0.4) is 0 Å². The van der Waals surface area contributed by atoms with Gasteiger partial charge < -0.3 is 4.90 Å². The standard InChI is InChI=1S/C23H24N4O2/c1-4-25(5-2)20(28)15-26-19-14-10-9-13-18(19)22-24-21(16(3)27(22)23(26)29)17-11-7-6-8-12-17/h6-14H,4-5,15H2,1-3H3. The van der Waals surface area contributed by atoms with Gasteiger partial charge in [-0.1, -0.05) is 42.5 Å². The highest BCUT2D eigenvalue weighted by Crippen LogP contribution is 2.26. The molecule has 29 heavy (non-hydrogen) atoms. The fourth-order valence-electron chi connectivity index (χ4n) is 3.87. The molecule has 2 aromatic carbocycles. The molecule has 4 rings (SSSR count). The highest BCUT2D eigenvalue weighted by Gasteiger charge is 2.20. The number of carbonyl (C=O) groups excluding carboxylic acids is 1. The maximum absolute atomic E-state index is 13.5. The SMILES string of the molecule is CCN(CC)C(=O)Cn1c(=O)n2c(C)c(-c3ccccc3)nc2c2ccccc21. The maximum atomic E-state index is 13.5. The molecule has 0 unspecified atom stereocenters. The van der Waals surface area contributed by atoms with E-state index in [1.165, 1.54) is 0 Å². The van der Waals surface area contributed by atoms with E-state index in [2.05, 4.69) is 0 Å². The largest absolute Gasteiger partial charge is 0.342 e. The van der Waals surface area contributed by atoms with Crippen LogP contribution in [0, 0.1) is 6.92 Å². The number of rotatable bonds is 5. The summed E-state index contributed by atoms with van der Waals surface area (Å²) in [7, 11) is 0. The molecule has 0 fully saturated rings. The molecule has 0 atom stereocenters. The van der Waals surface area contributed by atoms with Gasteiger partial charge in [0.2, 0.25) is 5.91 Å². The molecule has 6 heteroatoms. The Bertz CT molecular complexity index is 1250. The number of carbonyl (C=O) groups is 1. The third kappa shape index (κ3) is 3.10. The first-order valence-corrected chi connectivity index (χ1v) is 9.90. The predicted octanol–water partition coefficient (Wildman–Crippen LogP) is 3.49. The van der Waals surface area contributed by atoms with Gasteiger partial charge in [-0.25, -0.2) is 14.2 Å². The topological polar surface area (TPSA) is 59.6 Å². The molecule has 0 N–H and O–H groups in total. The van der Waals surface area contributed by atoms with Crippen LogP contribution in [0.5, 0.6) is 0 Å². The van der Waals surface area contributed by atoms with E-state index in [0.29, 0.717) is 18.7 Å². The number of amides is 1. The van der Waals surface area contributed by atoms with Crippen LogP contribution >= 0.6 is 0 Å². The molecule has 0 aliphatic rings. The molecule has 0 saturated heterocycles. The second-order valence-electron chi connectivity index (χ2n) is 7.02. The number of likely N-dealkylation sites (N-methyl/N-ethyl adjacent to an activating group) is 1. The highest BCUT2D eigenvalue weighted by molar-refractivity contribution is 5.93. The molecular formula is C23H24N4O2. The van der Waals surface area contributed by atoms with Crippen LogP contribution in [-0.2, 0) is 11.3 Å². The van der Waals surface area contributed by atoms with Gasteiger partial charge in [-0.2, -0.15) is 0 Å². The van der Waals surface area contributed by atoms with Crippen LogP contribution in [0.25, 0.3) is 27.8 Å². The predicted molar refractivity (Wildman–Crippen MR) is 115 cm³/mol. The first kappa shape index (κ1) is 18.9. The van der Waals surface area contributed by atoms with E-state index in [1.807, 2.05) is 75.4 Å². The Kier molecular flexibility index (Phi) is 4.92. The molecule has 0 radical (unpaired) electrons. The lowest BCUT2D eigenvalue weighted by Crippen LogP contribution is -2.38. The van der Waals surface area contributed by atoms with E-state index in [9.17, 15) is 9.59 Å². The molecule has 0 aliphatic heterocycles. The van der Waals surface area contributed by atoms with E-state index in [-0.39, 0.29) is 18.1 Å². The Balaban J connectivity index is 2.00. The fraction of sp³-hybridized carbons (Fsp3) is 0.261. The van der Waals surface area contributed by atoms with Gasteiger partial charge in [0.15, 0.2) is 5.65 Å². The minimum absolute atomic E-state index is 0.00918. The normalized spacial score (nSPS) is 11.3. The molecular weight excluding hydrogens is 364 g/mol. The highest BCUT2D eigenvalue weighted by atomic mass is 16.2. The average molecular weight is 388 g/mol. The van der Waals surface area contributed by atoms with Gasteiger partial charge in [-0.3, -0.25) is 9.36 Å². The third-order valence-corrected chi connectivity index (χ3v) is 5.42. The number of benzene rings is 2. The van der Waals surface area contributed by atoms with E-state index >= 15 is 0 Å². The average Bonchev–Trinajstić information content (AvgIpc) is 3.10. The van der Waals surface area contributed by atoms with Crippen LogP contribution in [0.2, 0.25) is 0 Å². The zero-order chi connectivity index (χ0) is 20.5. The molecule has 4 aromatic rings. The van der Waals surface area contributed by atoms with Crippen LogP contribution in [0.1, 0.15) is 19.5 Å². The van der Waals surface area contributed by atoms with Crippen molar-refractivity contribution in [3.05, 3.63) is 70.8 Å². The van der Waals surface area contributed by atoms with Crippen molar-refractivity contribution in [2.75, 3.05) is 13.1 Å². The second kappa shape index (κ2) is 7.54. The maximum Gasteiger partial charge on any atom is 0.335 e. The summed E-state index contributed by atoms with van der Waals surface area (Å²) < 4.78 is 3.19. The number of hydrogen-bond donors (Lipinski definition) is 0. The quantitative estimate of drug-likeness (QED) is 0.526. The lowest BCUT2D eigenvalue weighted by atomic mass is 10.1. The van der Waals surface area contributed by atoms with Crippen LogP contribution < -0.4 is 5.69 Å². The Hall–Kier alpha value is -3.41. The monoisotopic (exact) mass is 388 g/mol. The number of fused-ring (bicyclic) bond motifs is 3. The van der Waals surface area contributed by atoms with Gasteiger partial charge in [0, 0.05) is 24.0 Å². The minimum atomic E-state index is -0.244. The summed E-state index contributed by atoms with van der Waals surface area (Å²) in [5.74, 6) is -0.0670. The summed E-state index contributed by atoms with van der Waals surface area (Å²) in [5, 5.41) is 0.852. The number of aromatic nitrogens is 3. The van der Waals surface area contributed by atoms with Crippen molar-refractivity contribution in [1.29, 1.82) is 0 Å². The summed E-state index contributed by atoms with van der Waals surface area (Å²) in [6.45, 7) is 7.03. The molecule has 2 heterocycles. The van der Waals surface area contributed by atoms with Crippen molar-refractivity contribution >= 4 is 22.5 Å². The Morgan fingerprint density at radius 1 is 1.00 bits per heavy atom. The molecule has 0 spiro atoms. The second-order valence-corrected chi connectivity index (χ2v) is 7.02. The number of nitrogens with zero attached hydrogens (tertiary/aromatic N) is 4. The van der Waals surface area contributed by atoms with Gasteiger partial charge in [0.1, 0.15) is 6.54 Å². The van der Waals surface area contributed by atoms with Crippen molar-refractivity contribution in [1.82, 2.24) is 18.9 Å². The molecule has 6 nitrogen and oxygen atoms in total. The third-order valence-electron chi connectivity index (χ3n) is 5.42. The van der Waals surface area contributed by atoms with Gasteiger partial charge in [0.25, 0.3) is 0 Å². The summed E-state index contributed by atoms with van der Waals surface area (Å²) in [6, 6.07) is 17.5. The zero-order valence-corrected chi connectivity index (χ0v) is 16.9. The van der Waals surface area contributed by atoms with Crippen molar-refractivity contribution < 1.29 is 4.79 Å². The Morgan fingerprint density at radius 2 is 1.66 bits per heavy atom. The Morgan fingerprint density at radius 3 is 2.34 bits per heavy atom. The van der Waals surface area contributed by atoms with Crippen molar-refractivity contribution in [2.24, 2.45) is 0 Å². The first-order valence-electron chi connectivity index (χ1n) is 9.90. The number of hydrogen-bond acceptors (Lipinski definition) is 3. The van der Waals surface area contributed by atoms with Crippen molar-refractivity contribution in [3.8, 4) is 11.3 Å². The molecule has 0 bridgehead atoms. The zero-order valence-electron chi connectivity index (χ0n) is 16.9. The first-order chi connectivity index (χ1) is 14.1. The smallest absolute Gasteiger partial charge is 0.335 e. The number of imidazole rings is 1. The minimum Gasteiger partial charge on any atom is -0.342 e. The summed E-state index contributed by atoms with van der Waals surface area (Å²) in [6.07, 6.45) is 0. The molecule has 0 aliphatic carbocycles. The van der Waals surface area contributed by atoms with Gasteiger partial charge in [0.05, 0.1) is 16.9 Å². The van der Waals surface area contributed by atoms with Crippen molar-refractivity contribution in [3.63, 3.8) is 0 Å². The molecule has 148 valence electrons. The summed E-state index contributed by atoms with van der Waals surface area (Å²) in [4.78, 5) is 32.8. The van der Waals surface area contributed by atoms with Gasteiger partial charge in [-0.05, 0) is 32.9 Å². The van der Waals surface area contributed by atoms with Crippen LogP contribution in [0.15, 0.2) is 59.4 Å². The van der Waals surface area contributed by atoms with E-state index < -0.39 is 0 Å². The Labute approximate surface area is 169 Å². The molecule has 1 amide bonds. The lowest BCUT2D eigenvalue weighted by Gasteiger charge is -2.20.